The fourth-order valence-electron chi connectivity index (χ4n) is 12.3. The standard InChI is InChI=1S/C80H156O17P2/c1-7-11-13-15-17-19-21-22-23-24-25-26-27-28-29-31-40-46-52-58-64-79(84)96-75(69-91-78(83)63-57-51-45-39-34-32-36-42-48-54-60-72(5)9-3)70-94-98(86,87)92-66-74(81)67-93-99(88,89)95-71-76(68-90-77(82)62-56-50-44-38-30-20-18-16-14-12-8-2)97-80(85)65-59-53-47-41-35-33-37-43-49-55-61-73(6)10-4/h72-76,81H,7-71H2,1-6H3,(H,86,87)(H,88,89)/t72?,73?,74-,75-,76-/m1/s1. The molecule has 0 aliphatic rings. The monoisotopic (exact) mass is 1450 g/mol. The molecule has 0 saturated carbocycles. The van der Waals surface area contributed by atoms with E-state index in [1.807, 2.05) is 0 Å². The van der Waals surface area contributed by atoms with Crippen molar-refractivity contribution in [2.75, 3.05) is 39.6 Å². The minimum atomic E-state index is -4.96. The highest BCUT2D eigenvalue weighted by atomic mass is 31.2. The van der Waals surface area contributed by atoms with Gasteiger partial charge in [-0.15, -0.1) is 0 Å². The minimum Gasteiger partial charge on any atom is -0.462 e. The lowest BCUT2D eigenvalue weighted by Crippen LogP contribution is -2.30. The predicted molar refractivity (Wildman–Crippen MR) is 405 cm³/mol. The van der Waals surface area contributed by atoms with Gasteiger partial charge in [0.1, 0.15) is 19.3 Å². The van der Waals surface area contributed by atoms with Crippen molar-refractivity contribution in [3.8, 4) is 0 Å². The van der Waals surface area contributed by atoms with E-state index in [4.69, 9.17) is 37.0 Å². The third kappa shape index (κ3) is 71.5. The van der Waals surface area contributed by atoms with E-state index in [0.29, 0.717) is 25.7 Å². The highest BCUT2D eigenvalue weighted by Crippen LogP contribution is 2.45. The van der Waals surface area contributed by atoms with Crippen molar-refractivity contribution < 1.29 is 80.2 Å². The maximum absolute atomic E-state index is 13.1. The van der Waals surface area contributed by atoms with Crippen LogP contribution >= 0.6 is 15.6 Å². The molecule has 0 aromatic carbocycles. The molecule has 0 saturated heterocycles. The van der Waals surface area contributed by atoms with Gasteiger partial charge in [-0.3, -0.25) is 37.3 Å². The number of unbranched alkanes of at least 4 members (excludes halogenated alkanes) is 47. The Balaban J connectivity index is 5.24. The van der Waals surface area contributed by atoms with E-state index in [0.717, 1.165) is 102 Å². The molecule has 0 fully saturated rings. The number of esters is 4. The summed E-state index contributed by atoms with van der Waals surface area (Å²) in [6.07, 6.45) is 60.9. The molecule has 4 unspecified atom stereocenters. The molecule has 0 aliphatic carbocycles. The van der Waals surface area contributed by atoms with Crippen molar-refractivity contribution in [2.45, 2.75) is 439 Å². The Morgan fingerprint density at radius 2 is 0.485 bits per heavy atom. The fourth-order valence-corrected chi connectivity index (χ4v) is 13.9. The van der Waals surface area contributed by atoms with Gasteiger partial charge in [-0.2, -0.15) is 0 Å². The molecule has 0 aromatic rings. The van der Waals surface area contributed by atoms with Crippen molar-refractivity contribution in [2.24, 2.45) is 11.8 Å². The number of hydrogen-bond donors (Lipinski definition) is 3. The second-order valence-corrected chi connectivity index (χ2v) is 32.2. The Bertz CT molecular complexity index is 1910. The molecule has 588 valence electrons. The van der Waals surface area contributed by atoms with E-state index in [1.54, 1.807) is 0 Å². The Morgan fingerprint density at radius 1 is 0.283 bits per heavy atom. The lowest BCUT2D eigenvalue weighted by Gasteiger charge is -2.21. The lowest BCUT2D eigenvalue weighted by atomic mass is 9.99. The zero-order valence-corrected chi connectivity index (χ0v) is 66.6. The van der Waals surface area contributed by atoms with Crippen LogP contribution in [-0.2, 0) is 65.4 Å². The van der Waals surface area contributed by atoms with Crippen LogP contribution in [0.3, 0.4) is 0 Å². The molecular weight excluding hydrogens is 1290 g/mol. The predicted octanol–water partition coefficient (Wildman–Crippen LogP) is 23.9. The van der Waals surface area contributed by atoms with Crippen molar-refractivity contribution >= 4 is 39.5 Å². The number of aliphatic hydroxyl groups is 1. The number of rotatable bonds is 79. The molecule has 19 heteroatoms. The third-order valence-electron chi connectivity index (χ3n) is 19.4. The van der Waals surface area contributed by atoms with Gasteiger partial charge in [0.15, 0.2) is 12.2 Å². The van der Waals surface area contributed by atoms with Crippen molar-refractivity contribution in [1.82, 2.24) is 0 Å². The summed E-state index contributed by atoms with van der Waals surface area (Å²) in [5.41, 5.74) is 0. The number of hydrogen-bond acceptors (Lipinski definition) is 15. The summed E-state index contributed by atoms with van der Waals surface area (Å²) >= 11 is 0. The lowest BCUT2D eigenvalue weighted by molar-refractivity contribution is -0.161. The van der Waals surface area contributed by atoms with Crippen LogP contribution in [0, 0.1) is 11.8 Å². The highest BCUT2D eigenvalue weighted by molar-refractivity contribution is 7.47. The van der Waals surface area contributed by atoms with Crippen molar-refractivity contribution in [3.63, 3.8) is 0 Å². The summed E-state index contributed by atoms with van der Waals surface area (Å²) < 4.78 is 68.7. The smallest absolute Gasteiger partial charge is 0.462 e. The molecule has 0 spiro atoms. The molecule has 0 aromatic heterocycles. The first-order valence-corrected chi connectivity index (χ1v) is 44.6. The van der Waals surface area contributed by atoms with Crippen molar-refractivity contribution in [1.29, 1.82) is 0 Å². The van der Waals surface area contributed by atoms with E-state index in [1.165, 1.54) is 238 Å². The SMILES string of the molecule is CCCCCCCCCCCCCCCCCCCCCCC(=O)O[C@H](COC(=O)CCCCCCCCCCCCC(C)CC)COP(=O)(O)OC[C@@H](O)COP(=O)(O)OC[C@@H](COC(=O)CCCCCCCCCCCCC)OC(=O)CCCCCCCCCCCCC(C)CC. The first kappa shape index (κ1) is 97.1. The first-order valence-electron chi connectivity index (χ1n) is 41.6. The largest absolute Gasteiger partial charge is 0.472 e. The summed E-state index contributed by atoms with van der Waals surface area (Å²) in [4.78, 5) is 73.0. The topological polar surface area (TPSA) is 237 Å². The van der Waals surface area contributed by atoms with E-state index in [9.17, 15) is 43.2 Å². The van der Waals surface area contributed by atoms with Crippen LogP contribution in [0.15, 0.2) is 0 Å². The second-order valence-electron chi connectivity index (χ2n) is 29.3. The number of ether oxygens (including phenoxy) is 4. The molecule has 0 aliphatic heterocycles. The van der Waals surface area contributed by atoms with Crippen LogP contribution in [0.5, 0.6) is 0 Å². The van der Waals surface area contributed by atoms with Crippen LogP contribution in [0.4, 0.5) is 0 Å². The van der Waals surface area contributed by atoms with Crippen LogP contribution in [0.2, 0.25) is 0 Å². The van der Waals surface area contributed by atoms with E-state index in [2.05, 4.69) is 41.5 Å². The fraction of sp³-hybridized carbons (Fsp3) is 0.950. The van der Waals surface area contributed by atoms with Gasteiger partial charge in [-0.25, -0.2) is 9.13 Å². The summed E-state index contributed by atoms with van der Waals surface area (Å²) in [6, 6.07) is 0. The van der Waals surface area contributed by atoms with Crippen LogP contribution < -0.4 is 0 Å². The normalized spacial score (nSPS) is 14.5. The first-order chi connectivity index (χ1) is 47.9. The van der Waals surface area contributed by atoms with Gasteiger partial charge in [0.2, 0.25) is 0 Å². The van der Waals surface area contributed by atoms with Gasteiger partial charge in [-0.1, -0.05) is 369 Å². The maximum Gasteiger partial charge on any atom is 0.472 e. The Morgan fingerprint density at radius 3 is 0.717 bits per heavy atom. The molecule has 0 radical (unpaired) electrons. The number of carbonyl (C=O) groups excluding carboxylic acids is 4. The van der Waals surface area contributed by atoms with Gasteiger partial charge in [-0.05, 0) is 37.5 Å². The second kappa shape index (κ2) is 71.7. The quantitative estimate of drug-likeness (QED) is 0.0222. The summed E-state index contributed by atoms with van der Waals surface area (Å²) in [7, 11) is -9.92. The van der Waals surface area contributed by atoms with E-state index >= 15 is 0 Å². The van der Waals surface area contributed by atoms with Crippen molar-refractivity contribution in [3.05, 3.63) is 0 Å². The molecule has 17 nitrogen and oxygen atoms in total. The number of phosphoric ester groups is 2. The highest BCUT2D eigenvalue weighted by Gasteiger charge is 2.30. The molecule has 3 N–H and O–H groups in total. The van der Waals surface area contributed by atoms with Gasteiger partial charge in [0.05, 0.1) is 26.4 Å². The Kier molecular flexibility index (Phi) is 70.3. The van der Waals surface area contributed by atoms with Crippen LogP contribution in [0.25, 0.3) is 0 Å². The Hall–Kier alpha value is -1.94. The molecule has 0 bridgehead atoms. The molecule has 99 heavy (non-hydrogen) atoms. The molecule has 0 rings (SSSR count). The third-order valence-corrected chi connectivity index (χ3v) is 21.3. The molecule has 0 heterocycles. The average Bonchev–Trinajstić information content (AvgIpc) is 1.56. The average molecular weight is 1450 g/mol. The van der Waals surface area contributed by atoms with Gasteiger partial charge >= 0.3 is 39.5 Å². The van der Waals surface area contributed by atoms with Crippen LogP contribution in [-0.4, -0.2) is 96.7 Å². The number of phosphoric acid groups is 2. The molecule has 7 atom stereocenters. The summed E-state index contributed by atoms with van der Waals surface area (Å²) in [5.74, 6) is -0.497. The molecular formula is C80H156O17P2. The van der Waals surface area contributed by atoms with Gasteiger partial charge in [0.25, 0.3) is 0 Å². The maximum atomic E-state index is 13.1. The number of aliphatic hydroxyl groups excluding tert-OH is 1. The minimum absolute atomic E-state index is 0.107. The summed E-state index contributed by atoms with van der Waals surface area (Å²) in [6.45, 7) is 9.68. The summed E-state index contributed by atoms with van der Waals surface area (Å²) in [5, 5.41) is 10.6. The van der Waals surface area contributed by atoms with Gasteiger partial charge < -0.3 is 33.8 Å². The Labute approximate surface area is 607 Å². The van der Waals surface area contributed by atoms with E-state index < -0.39 is 97.5 Å². The van der Waals surface area contributed by atoms with E-state index in [-0.39, 0.29) is 25.7 Å². The van der Waals surface area contributed by atoms with Crippen LogP contribution in [0.1, 0.15) is 420 Å². The van der Waals surface area contributed by atoms with Gasteiger partial charge in [0, 0.05) is 25.7 Å². The zero-order chi connectivity index (χ0) is 72.8. The zero-order valence-electron chi connectivity index (χ0n) is 64.8. The number of carbonyl (C=O) groups is 4. The molecule has 0 amide bonds.